The number of aryl methyl sites for hydroxylation is 2. The molecule has 5 N–H and O–H groups in total. The third-order valence-corrected chi connectivity index (χ3v) is 9.14. The zero-order valence-corrected chi connectivity index (χ0v) is 21.2. The van der Waals surface area contributed by atoms with Crippen LogP contribution in [0.1, 0.15) is 45.9 Å². The van der Waals surface area contributed by atoms with Gasteiger partial charge in [-0.15, -0.1) is 11.3 Å². The number of hydrogen-bond donors (Lipinski definition) is 3. The van der Waals surface area contributed by atoms with Crippen molar-refractivity contribution in [3.63, 3.8) is 0 Å². The molecule has 8 nitrogen and oxygen atoms in total. The van der Waals surface area contributed by atoms with Crippen LogP contribution in [0, 0.1) is 18.2 Å². The fourth-order valence-electron chi connectivity index (χ4n) is 5.88. The first kappa shape index (κ1) is 23.6. The van der Waals surface area contributed by atoms with E-state index in [1.165, 1.54) is 17.4 Å². The highest BCUT2D eigenvalue weighted by Gasteiger charge is 2.46. The maximum Gasteiger partial charge on any atom is 0.263 e. The van der Waals surface area contributed by atoms with Gasteiger partial charge in [0, 0.05) is 48.3 Å². The summed E-state index contributed by atoms with van der Waals surface area (Å²) in [6, 6.07) is 5.64. The van der Waals surface area contributed by atoms with Crippen LogP contribution in [0.5, 0.6) is 0 Å². The van der Waals surface area contributed by atoms with E-state index in [2.05, 4.69) is 27.3 Å². The molecule has 36 heavy (non-hydrogen) atoms. The first-order valence-electron chi connectivity index (χ1n) is 12.6. The van der Waals surface area contributed by atoms with Gasteiger partial charge in [-0.1, -0.05) is 6.07 Å². The van der Waals surface area contributed by atoms with E-state index in [1.54, 1.807) is 6.92 Å². The Kier molecular flexibility index (Phi) is 5.85. The van der Waals surface area contributed by atoms with E-state index in [0.29, 0.717) is 27.2 Å². The zero-order valence-electron chi connectivity index (χ0n) is 20.3. The molecule has 2 fully saturated rings. The number of nitrogens with two attached hydrogens (primary N) is 2. The standard InChI is InChI=1S/C26H31FN6O2S/c1-14-18(27)10-17-22(29)23(36-25(17)30-14)24(34)31-16-4-5-19-15(9-16)3-6-21(32-19)33-11-20(28)26(12-33)7-2-8-35-13-26/h3,6,10,16,20H,2,4-5,7-9,11-13,28-29H2,1H3,(H,31,34). The average molecular weight is 511 g/mol. The second kappa shape index (κ2) is 8.93. The van der Waals surface area contributed by atoms with E-state index in [0.717, 1.165) is 69.1 Å². The number of amides is 1. The molecule has 3 aliphatic rings. The van der Waals surface area contributed by atoms with Crippen molar-refractivity contribution in [2.24, 2.45) is 11.1 Å². The summed E-state index contributed by atoms with van der Waals surface area (Å²) in [5.41, 5.74) is 15.6. The third-order valence-electron chi connectivity index (χ3n) is 8.03. The Morgan fingerprint density at radius 3 is 3.03 bits per heavy atom. The minimum atomic E-state index is -0.423. The molecule has 0 aromatic carbocycles. The lowest BCUT2D eigenvalue weighted by Gasteiger charge is -2.36. The molecular weight excluding hydrogens is 479 g/mol. The minimum Gasteiger partial charge on any atom is -0.397 e. The van der Waals surface area contributed by atoms with Crippen molar-refractivity contribution in [3.8, 4) is 0 Å². The summed E-state index contributed by atoms with van der Waals surface area (Å²) in [6.07, 6.45) is 4.46. The van der Waals surface area contributed by atoms with Crippen molar-refractivity contribution >= 4 is 39.0 Å². The molecule has 3 atom stereocenters. The van der Waals surface area contributed by atoms with E-state index in [9.17, 15) is 9.18 Å². The lowest BCUT2D eigenvalue weighted by Crippen LogP contribution is -2.46. The number of carbonyl (C=O) groups is 1. The first-order valence-corrected chi connectivity index (χ1v) is 13.4. The number of nitrogens with one attached hydrogen (secondary N) is 1. The molecule has 3 aromatic rings. The van der Waals surface area contributed by atoms with Crippen molar-refractivity contribution in [1.29, 1.82) is 0 Å². The lowest BCUT2D eigenvalue weighted by molar-refractivity contribution is -0.00345. The summed E-state index contributed by atoms with van der Waals surface area (Å²) < 4.78 is 19.7. The number of rotatable bonds is 3. The first-order chi connectivity index (χ1) is 17.3. The predicted molar refractivity (Wildman–Crippen MR) is 139 cm³/mol. The molecule has 10 heteroatoms. The van der Waals surface area contributed by atoms with Crippen LogP contribution in [0.4, 0.5) is 15.9 Å². The maximum absolute atomic E-state index is 14.0. The lowest BCUT2D eigenvalue weighted by atomic mass is 9.79. The number of pyridine rings is 2. The van der Waals surface area contributed by atoms with Gasteiger partial charge in [0.2, 0.25) is 0 Å². The molecule has 2 saturated heterocycles. The van der Waals surface area contributed by atoms with E-state index < -0.39 is 5.82 Å². The van der Waals surface area contributed by atoms with Crippen LogP contribution in [0.3, 0.4) is 0 Å². The normalized spacial score (nSPS) is 25.9. The van der Waals surface area contributed by atoms with Gasteiger partial charge in [0.1, 0.15) is 21.3 Å². The average Bonchev–Trinajstić information content (AvgIpc) is 3.36. The van der Waals surface area contributed by atoms with Gasteiger partial charge >= 0.3 is 0 Å². The van der Waals surface area contributed by atoms with E-state index in [-0.39, 0.29) is 29.1 Å². The van der Waals surface area contributed by atoms with Crippen LogP contribution in [-0.2, 0) is 17.6 Å². The van der Waals surface area contributed by atoms with Crippen LogP contribution in [0.15, 0.2) is 18.2 Å². The molecular formula is C26H31FN6O2S. The smallest absolute Gasteiger partial charge is 0.263 e. The molecule has 0 radical (unpaired) electrons. The Labute approximate surface area is 213 Å². The van der Waals surface area contributed by atoms with Crippen molar-refractivity contribution < 1.29 is 13.9 Å². The third kappa shape index (κ3) is 4.01. The number of hydrogen-bond acceptors (Lipinski definition) is 8. The number of halogens is 1. The van der Waals surface area contributed by atoms with Gasteiger partial charge in [0.25, 0.3) is 5.91 Å². The summed E-state index contributed by atoms with van der Waals surface area (Å²) in [6.45, 7) is 4.83. The van der Waals surface area contributed by atoms with Gasteiger partial charge < -0.3 is 26.4 Å². The number of ether oxygens (including phenoxy) is 1. The fraction of sp³-hybridized carbons (Fsp3) is 0.500. The van der Waals surface area contributed by atoms with Gasteiger partial charge in [-0.2, -0.15) is 0 Å². The number of fused-ring (bicyclic) bond motifs is 2. The maximum atomic E-state index is 14.0. The quantitative estimate of drug-likeness (QED) is 0.496. The largest absolute Gasteiger partial charge is 0.397 e. The SMILES string of the molecule is Cc1nc2sc(C(=O)NC3CCc4nc(N5CC(N)C6(CCCOC6)C5)ccc4C3)c(N)c2cc1F. The Bertz CT molecular complexity index is 1340. The molecule has 2 aliphatic heterocycles. The molecule has 5 heterocycles. The van der Waals surface area contributed by atoms with Crippen LogP contribution in [0.2, 0.25) is 0 Å². The molecule has 1 amide bonds. The van der Waals surface area contributed by atoms with E-state index in [4.69, 9.17) is 21.2 Å². The molecule has 3 unspecified atom stereocenters. The van der Waals surface area contributed by atoms with Gasteiger partial charge in [-0.05, 0) is 56.7 Å². The monoisotopic (exact) mass is 510 g/mol. The highest BCUT2D eigenvalue weighted by Crippen LogP contribution is 2.39. The Morgan fingerprint density at radius 2 is 2.22 bits per heavy atom. The van der Waals surface area contributed by atoms with Crippen LogP contribution in [0.25, 0.3) is 10.2 Å². The van der Waals surface area contributed by atoms with Crippen molar-refractivity contribution in [2.75, 3.05) is 36.9 Å². The minimum absolute atomic E-state index is 0.0171. The second-order valence-corrected chi connectivity index (χ2v) is 11.4. The second-order valence-electron chi connectivity index (χ2n) is 10.4. The van der Waals surface area contributed by atoms with Gasteiger partial charge in [-0.25, -0.2) is 14.4 Å². The Hall–Kier alpha value is -2.82. The van der Waals surface area contributed by atoms with Crippen LogP contribution < -0.4 is 21.7 Å². The van der Waals surface area contributed by atoms with Crippen molar-refractivity contribution in [3.05, 3.63) is 45.8 Å². The molecule has 0 bridgehead atoms. The van der Waals surface area contributed by atoms with Gasteiger partial charge in [-0.3, -0.25) is 4.79 Å². The summed E-state index contributed by atoms with van der Waals surface area (Å²) in [5, 5.41) is 3.61. The number of carbonyl (C=O) groups excluding carboxylic acids is 1. The van der Waals surface area contributed by atoms with Crippen LogP contribution in [-0.4, -0.2) is 54.3 Å². The zero-order chi connectivity index (χ0) is 25.0. The number of nitrogens with zero attached hydrogens (tertiary/aromatic N) is 3. The van der Waals surface area contributed by atoms with Crippen molar-refractivity contribution in [2.45, 2.75) is 51.1 Å². The Morgan fingerprint density at radius 1 is 1.36 bits per heavy atom. The number of nitrogen functional groups attached to an aromatic ring is 1. The molecule has 190 valence electrons. The molecule has 1 aliphatic carbocycles. The molecule has 1 spiro atoms. The van der Waals surface area contributed by atoms with E-state index in [1.807, 2.05) is 0 Å². The fourth-order valence-corrected chi connectivity index (χ4v) is 6.91. The topological polar surface area (TPSA) is 119 Å². The van der Waals surface area contributed by atoms with E-state index >= 15 is 0 Å². The highest BCUT2D eigenvalue weighted by atomic mass is 32.1. The summed E-state index contributed by atoms with van der Waals surface area (Å²) >= 11 is 1.20. The summed E-state index contributed by atoms with van der Waals surface area (Å²) in [7, 11) is 0. The van der Waals surface area contributed by atoms with Gasteiger partial charge in [0.15, 0.2) is 0 Å². The number of thiophene rings is 1. The molecule has 6 rings (SSSR count). The summed E-state index contributed by atoms with van der Waals surface area (Å²) in [4.78, 5) is 25.5. The van der Waals surface area contributed by atoms with Crippen molar-refractivity contribution in [1.82, 2.24) is 15.3 Å². The highest BCUT2D eigenvalue weighted by molar-refractivity contribution is 7.21. The Balaban J connectivity index is 1.14. The number of aromatic nitrogens is 2. The summed E-state index contributed by atoms with van der Waals surface area (Å²) in [5.74, 6) is 0.313. The molecule has 3 aromatic heterocycles. The number of anilines is 2. The van der Waals surface area contributed by atoms with Crippen LogP contribution >= 0.6 is 11.3 Å². The molecule has 0 saturated carbocycles. The predicted octanol–water partition coefficient (Wildman–Crippen LogP) is 2.95. The van der Waals surface area contributed by atoms with Gasteiger partial charge in [0.05, 0.1) is 18.0 Å².